The van der Waals surface area contributed by atoms with Crippen molar-refractivity contribution in [2.24, 2.45) is 5.92 Å². The first kappa shape index (κ1) is 18.8. The molecule has 2 rings (SSSR count). The SMILES string of the molecule is CCCCCCC(CCc1ccccc1)Cc1cc(C)ccc1C. The molecule has 0 bridgehead atoms. The van der Waals surface area contributed by atoms with Crippen LogP contribution >= 0.6 is 0 Å². The van der Waals surface area contributed by atoms with Crippen molar-refractivity contribution in [3.8, 4) is 0 Å². The molecule has 2 aromatic rings. The van der Waals surface area contributed by atoms with Crippen molar-refractivity contribution in [3.63, 3.8) is 0 Å². The average Bonchev–Trinajstić information content (AvgIpc) is 2.60. The van der Waals surface area contributed by atoms with E-state index in [0.29, 0.717) is 0 Å². The van der Waals surface area contributed by atoms with Crippen molar-refractivity contribution in [1.29, 1.82) is 0 Å². The minimum Gasteiger partial charge on any atom is -0.0654 e. The van der Waals surface area contributed by atoms with E-state index in [1.807, 2.05) is 0 Å². The number of aryl methyl sites for hydroxylation is 3. The van der Waals surface area contributed by atoms with Gasteiger partial charge in [0.15, 0.2) is 0 Å². The van der Waals surface area contributed by atoms with Gasteiger partial charge in [-0.05, 0) is 55.7 Å². The van der Waals surface area contributed by atoms with E-state index in [-0.39, 0.29) is 0 Å². The third-order valence-electron chi connectivity index (χ3n) is 5.16. The van der Waals surface area contributed by atoms with Gasteiger partial charge < -0.3 is 0 Å². The zero-order chi connectivity index (χ0) is 17.2. The highest BCUT2D eigenvalue weighted by molar-refractivity contribution is 5.30. The van der Waals surface area contributed by atoms with Crippen LogP contribution in [0.25, 0.3) is 0 Å². The predicted octanol–water partition coefficient (Wildman–Crippen LogP) is 7.07. The summed E-state index contributed by atoms with van der Waals surface area (Å²) < 4.78 is 0. The molecule has 1 atom stereocenters. The van der Waals surface area contributed by atoms with Crippen molar-refractivity contribution >= 4 is 0 Å². The molecule has 0 heterocycles. The highest BCUT2D eigenvalue weighted by atomic mass is 14.2. The fourth-order valence-corrected chi connectivity index (χ4v) is 3.55. The third kappa shape index (κ3) is 6.51. The van der Waals surface area contributed by atoms with Crippen molar-refractivity contribution in [1.82, 2.24) is 0 Å². The summed E-state index contributed by atoms with van der Waals surface area (Å²) in [5.41, 5.74) is 5.89. The zero-order valence-electron chi connectivity index (χ0n) is 15.9. The second-order valence-corrected chi connectivity index (χ2v) is 7.37. The Labute approximate surface area is 149 Å². The van der Waals surface area contributed by atoms with Crippen LogP contribution in [0.3, 0.4) is 0 Å². The van der Waals surface area contributed by atoms with Gasteiger partial charge in [0.25, 0.3) is 0 Å². The summed E-state index contributed by atoms with van der Waals surface area (Å²) >= 11 is 0. The first-order chi connectivity index (χ1) is 11.7. The van der Waals surface area contributed by atoms with E-state index >= 15 is 0 Å². The van der Waals surface area contributed by atoms with Crippen LogP contribution in [0.1, 0.15) is 67.7 Å². The number of benzene rings is 2. The molecule has 0 saturated heterocycles. The van der Waals surface area contributed by atoms with Crippen LogP contribution in [-0.2, 0) is 12.8 Å². The summed E-state index contributed by atoms with van der Waals surface area (Å²) in [4.78, 5) is 0. The van der Waals surface area contributed by atoms with Gasteiger partial charge in [0.2, 0.25) is 0 Å². The van der Waals surface area contributed by atoms with Crippen molar-refractivity contribution in [3.05, 3.63) is 70.8 Å². The van der Waals surface area contributed by atoms with Crippen LogP contribution in [0.15, 0.2) is 48.5 Å². The standard InChI is InChI=1S/C24H34/c1-4-5-6-8-13-23(17-16-22-11-9-7-10-12-22)19-24-18-20(2)14-15-21(24)3/h7,9-12,14-15,18,23H,4-6,8,13,16-17,19H2,1-3H3. The molecule has 0 aliphatic carbocycles. The fraction of sp³-hybridized carbons (Fsp3) is 0.500. The van der Waals surface area contributed by atoms with E-state index in [1.54, 1.807) is 5.56 Å². The Balaban J connectivity index is 1.97. The molecule has 1 unspecified atom stereocenters. The van der Waals surface area contributed by atoms with E-state index in [9.17, 15) is 0 Å². The highest BCUT2D eigenvalue weighted by Gasteiger charge is 2.12. The first-order valence-electron chi connectivity index (χ1n) is 9.79. The molecular formula is C24H34. The Bertz CT molecular complexity index is 582. The van der Waals surface area contributed by atoms with Crippen LogP contribution < -0.4 is 0 Å². The van der Waals surface area contributed by atoms with Gasteiger partial charge in [-0.15, -0.1) is 0 Å². The molecule has 0 heteroatoms. The van der Waals surface area contributed by atoms with Gasteiger partial charge in [0.05, 0.1) is 0 Å². The van der Waals surface area contributed by atoms with E-state index in [1.165, 1.54) is 68.1 Å². The topological polar surface area (TPSA) is 0 Å². The summed E-state index contributed by atoms with van der Waals surface area (Å²) in [5.74, 6) is 0.808. The maximum absolute atomic E-state index is 2.40. The lowest BCUT2D eigenvalue weighted by Gasteiger charge is -2.19. The Morgan fingerprint density at radius 2 is 1.62 bits per heavy atom. The van der Waals surface area contributed by atoms with Gasteiger partial charge in [-0.3, -0.25) is 0 Å². The second-order valence-electron chi connectivity index (χ2n) is 7.37. The number of rotatable bonds is 10. The smallest absolute Gasteiger partial charge is 0.0248 e. The summed E-state index contributed by atoms with van der Waals surface area (Å²) in [6, 6.07) is 17.9. The Hall–Kier alpha value is -1.56. The first-order valence-corrected chi connectivity index (χ1v) is 9.79. The molecule has 0 aliphatic rings. The van der Waals surface area contributed by atoms with Gasteiger partial charge in [-0.1, -0.05) is 93.1 Å². The van der Waals surface area contributed by atoms with Crippen LogP contribution in [0.5, 0.6) is 0 Å². The summed E-state index contributed by atoms with van der Waals surface area (Å²) in [5, 5.41) is 0. The van der Waals surface area contributed by atoms with Crippen LogP contribution in [0, 0.1) is 19.8 Å². The molecule has 0 spiro atoms. The molecular weight excluding hydrogens is 288 g/mol. The molecule has 0 radical (unpaired) electrons. The number of hydrogen-bond donors (Lipinski definition) is 0. The maximum atomic E-state index is 2.40. The average molecular weight is 323 g/mol. The highest BCUT2D eigenvalue weighted by Crippen LogP contribution is 2.24. The maximum Gasteiger partial charge on any atom is -0.0248 e. The normalized spacial score (nSPS) is 12.3. The molecule has 24 heavy (non-hydrogen) atoms. The van der Waals surface area contributed by atoms with Gasteiger partial charge in [0.1, 0.15) is 0 Å². The zero-order valence-corrected chi connectivity index (χ0v) is 15.9. The largest absolute Gasteiger partial charge is 0.0654 e. The Morgan fingerprint density at radius 3 is 2.38 bits per heavy atom. The molecule has 0 amide bonds. The van der Waals surface area contributed by atoms with Crippen molar-refractivity contribution in [2.45, 2.75) is 72.1 Å². The Morgan fingerprint density at radius 1 is 0.833 bits per heavy atom. The van der Waals surface area contributed by atoms with Gasteiger partial charge in [0, 0.05) is 0 Å². The summed E-state index contributed by atoms with van der Waals surface area (Å²) in [6.07, 6.45) is 10.6. The summed E-state index contributed by atoms with van der Waals surface area (Å²) in [6.45, 7) is 6.77. The van der Waals surface area contributed by atoms with Gasteiger partial charge in [-0.25, -0.2) is 0 Å². The molecule has 0 aromatic heterocycles. The molecule has 0 fully saturated rings. The minimum atomic E-state index is 0.808. The number of hydrogen-bond acceptors (Lipinski definition) is 0. The third-order valence-corrected chi connectivity index (χ3v) is 5.16. The van der Waals surface area contributed by atoms with E-state index in [4.69, 9.17) is 0 Å². The lowest BCUT2D eigenvalue weighted by Crippen LogP contribution is -2.08. The van der Waals surface area contributed by atoms with Crippen LogP contribution in [0.4, 0.5) is 0 Å². The van der Waals surface area contributed by atoms with E-state index in [0.717, 1.165) is 5.92 Å². The fourth-order valence-electron chi connectivity index (χ4n) is 3.55. The van der Waals surface area contributed by atoms with Crippen molar-refractivity contribution in [2.75, 3.05) is 0 Å². The van der Waals surface area contributed by atoms with Crippen molar-refractivity contribution < 1.29 is 0 Å². The molecule has 2 aromatic carbocycles. The van der Waals surface area contributed by atoms with Crippen LogP contribution in [-0.4, -0.2) is 0 Å². The molecule has 0 saturated carbocycles. The lowest BCUT2D eigenvalue weighted by atomic mass is 9.87. The monoisotopic (exact) mass is 322 g/mol. The van der Waals surface area contributed by atoms with Crippen LogP contribution in [0.2, 0.25) is 0 Å². The number of unbranched alkanes of at least 4 members (excludes halogenated alkanes) is 3. The van der Waals surface area contributed by atoms with E-state index in [2.05, 4.69) is 69.3 Å². The molecule has 0 nitrogen and oxygen atoms in total. The van der Waals surface area contributed by atoms with Gasteiger partial charge >= 0.3 is 0 Å². The quantitative estimate of drug-likeness (QED) is 0.410. The Kier molecular flexibility index (Phi) is 8.08. The lowest BCUT2D eigenvalue weighted by molar-refractivity contribution is 0.423. The van der Waals surface area contributed by atoms with Gasteiger partial charge in [-0.2, -0.15) is 0 Å². The van der Waals surface area contributed by atoms with E-state index < -0.39 is 0 Å². The summed E-state index contributed by atoms with van der Waals surface area (Å²) in [7, 11) is 0. The molecule has 0 N–H and O–H groups in total. The molecule has 130 valence electrons. The predicted molar refractivity (Wildman–Crippen MR) is 107 cm³/mol. The molecule has 0 aliphatic heterocycles. The second kappa shape index (κ2) is 10.3. The minimum absolute atomic E-state index is 0.808.